The average Bonchev–Trinajstić information content (AvgIpc) is 3.37. The van der Waals surface area contributed by atoms with Gasteiger partial charge in [0.1, 0.15) is 5.82 Å². The van der Waals surface area contributed by atoms with Gasteiger partial charge in [0.15, 0.2) is 11.7 Å². The molecule has 1 N–H and O–H groups in total. The SMILES string of the molecule is Cc1ccc(-c2cnc(CCC(=O)Nc3ccnn3C3CCCCC3)o2)cc1. The number of hydrogen-bond acceptors (Lipinski definition) is 4. The molecule has 0 spiro atoms. The second kappa shape index (κ2) is 8.42. The maximum Gasteiger partial charge on any atom is 0.226 e. The van der Waals surface area contributed by atoms with Crippen molar-refractivity contribution in [2.45, 2.75) is 57.9 Å². The van der Waals surface area contributed by atoms with Gasteiger partial charge < -0.3 is 9.73 Å². The first kappa shape index (κ1) is 18.5. The molecule has 0 saturated heterocycles. The summed E-state index contributed by atoms with van der Waals surface area (Å²) in [6, 6.07) is 10.4. The van der Waals surface area contributed by atoms with E-state index >= 15 is 0 Å². The molecule has 6 nitrogen and oxygen atoms in total. The van der Waals surface area contributed by atoms with E-state index in [4.69, 9.17) is 4.42 Å². The monoisotopic (exact) mass is 378 g/mol. The lowest BCUT2D eigenvalue weighted by molar-refractivity contribution is -0.116. The minimum absolute atomic E-state index is 0.0485. The highest BCUT2D eigenvalue weighted by Crippen LogP contribution is 2.30. The molecule has 1 saturated carbocycles. The Labute approximate surface area is 165 Å². The van der Waals surface area contributed by atoms with Gasteiger partial charge in [0.05, 0.1) is 18.4 Å². The molecule has 0 radical (unpaired) electrons. The molecule has 1 aliphatic rings. The minimum atomic E-state index is -0.0485. The second-order valence-electron chi connectivity index (χ2n) is 7.49. The fourth-order valence-corrected chi connectivity index (χ4v) is 3.73. The van der Waals surface area contributed by atoms with Gasteiger partial charge in [0.2, 0.25) is 5.91 Å². The molecular formula is C22H26N4O2. The molecule has 4 rings (SSSR count). The minimum Gasteiger partial charge on any atom is -0.441 e. The largest absolute Gasteiger partial charge is 0.441 e. The number of carbonyl (C=O) groups excluding carboxylic acids is 1. The van der Waals surface area contributed by atoms with Gasteiger partial charge >= 0.3 is 0 Å². The van der Waals surface area contributed by atoms with Gasteiger partial charge in [-0.05, 0) is 19.8 Å². The number of anilines is 1. The first-order valence-corrected chi connectivity index (χ1v) is 10.0. The van der Waals surface area contributed by atoms with E-state index in [0.29, 0.717) is 24.8 Å². The number of nitrogens with zero attached hydrogens (tertiary/aromatic N) is 3. The van der Waals surface area contributed by atoms with Crippen LogP contribution in [0.15, 0.2) is 47.1 Å². The average molecular weight is 378 g/mol. The summed E-state index contributed by atoms with van der Waals surface area (Å²) in [4.78, 5) is 16.7. The van der Waals surface area contributed by atoms with E-state index in [1.54, 1.807) is 12.4 Å². The Bertz CT molecular complexity index is 920. The van der Waals surface area contributed by atoms with Crippen molar-refractivity contribution in [3.05, 3.63) is 54.2 Å². The number of benzene rings is 1. The summed E-state index contributed by atoms with van der Waals surface area (Å²) in [6.45, 7) is 2.05. The summed E-state index contributed by atoms with van der Waals surface area (Å²) in [5.74, 6) is 2.04. The summed E-state index contributed by atoms with van der Waals surface area (Å²) in [5.41, 5.74) is 2.19. The van der Waals surface area contributed by atoms with E-state index in [0.717, 1.165) is 30.0 Å². The maximum absolute atomic E-state index is 12.4. The van der Waals surface area contributed by atoms with Crippen molar-refractivity contribution in [2.24, 2.45) is 0 Å². The quantitative estimate of drug-likeness (QED) is 0.660. The molecule has 146 valence electrons. The van der Waals surface area contributed by atoms with Gasteiger partial charge in [0, 0.05) is 24.5 Å². The molecule has 0 atom stereocenters. The molecule has 0 bridgehead atoms. The van der Waals surface area contributed by atoms with Crippen LogP contribution in [0, 0.1) is 6.92 Å². The summed E-state index contributed by atoms with van der Waals surface area (Å²) >= 11 is 0. The van der Waals surface area contributed by atoms with E-state index in [9.17, 15) is 4.79 Å². The van der Waals surface area contributed by atoms with Crippen molar-refractivity contribution in [3.8, 4) is 11.3 Å². The van der Waals surface area contributed by atoms with Gasteiger partial charge in [0.25, 0.3) is 0 Å². The normalized spacial score (nSPS) is 14.9. The maximum atomic E-state index is 12.4. The number of rotatable bonds is 6. The Kier molecular flexibility index (Phi) is 5.55. The molecule has 2 heterocycles. The van der Waals surface area contributed by atoms with Crippen LogP contribution >= 0.6 is 0 Å². The van der Waals surface area contributed by atoms with Gasteiger partial charge in [-0.25, -0.2) is 9.67 Å². The van der Waals surface area contributed by atoms with Crippen LogP contribution in [0.25, 0.3) is 11.3 Å². The van der Waals surface area contributed by atoms with Gasteiger partial charge in [-0.3, -0.25) is 4.79 Å². The zero-order chi connectivity index (χ0) is 19.3. The Hall–Kier alpha value is -2.89. The standard InChI is InChI=1S/C22H26N4O2/c1-16-7-9-17(10-8-16)19-15-23-22(28-19)12-11-21(27)25-20-13-14-24-26(20)18-5-3-2-4-6-18/h7-10,13-15,18H,2-6,11-12H2,1H3,(H,25,27). The number of aromatic nitrogens is 3. The molecule has 1 aliphatic carbocycles. The molecule has 2 aromatic heterocycles. The third-order valence-corrected chi connectivity index (χ3v) is 5.31. The Morgan fingerprint density at radius 1 is 1.18 bits per heavy atom. The summed E-state index contributed by atoms with van der Waals surface area (Å²) in [5, 5.41) is 7.42. The summed E-state index contributed by atoms with van der Waals surface area (Å²) in [7, 11) is 0. The van der Waals surface area contributed by atoms with Crippen LogP contribution in [0.4, 0.5) is 5.82 Å². The van der Waals surface area contributed by atoms with Gasteiger partial charge in [-0.1, -0.05) is 49.1 Å². The third-order valence-electron chi connectivity index (χ3n) is 5.31. The van der Waals surface area contributed by atoms with Crippen LogP contribution in [0.1, 0.15) is 56.0 Å². The molecule has 3 aromatic rings. The predicted molar refractivity (Wildman–Crippen MR) is 108 cm³/mol. The van der Waals surface area contributed by atoms with Crippen molar-refractivity contribution >= 4 is 11.7 Å². The van der Waals surface area contributed by atoms with Crippen LogP contribution in [-0.4, -0.2) is 20.7 Å². The summed E-state index contributed by atoms with van der Waals surface area (Å²) in [6.07, 6.45) is 10.3. The molecule has 1 aromatic carbocycles. The molecule has 1 fully saturated rings. The number of amides is 1. The zero-order valence-corrected chi connectivity index (χ0v) is 16.2. The van der Waals surface area contributed by atoms with Crippen molar-refractivity contribution < 1.29 is 9.21 Å². The Morgan fingerprint density at radius 2 is 1.96 bits per heavy atom. The smallest absolute Gasteiger partial charge is 0.226 e. The van der Waals surface area contributed by atoms with Crippen LogP contribution in [-0.2, 0) is 11.2 Å². The molecule has 6 heteroatoms. The number of nitrogens with one attached hydrogen (secondary N) is 1. The van der Waals surface area contributed by atoms with Crippen molar-refractivity contribution in [3.63, 3.8) is 0 Å². The van der Waals surface area contributed by atoms with Crippen LogP contribution in [0.5, 0.6) is 0 Å². The van der Waals surface area contributed by atoms with Crippen molar-refractivity contribution in [2.75, 3.05) is 5.32 Å². The van der Waals surface area contributed by atoms with Crippen molar-refractivity contribution in [1.29, 1.82) is 0 Å². The number of oxazole rings is 1. The molecule has 28 heavy (non-hydrogen) atoms. The second-order valence-corrected chi connectivity index (χ2v) is 7.49. The van der Waals surface area contributed by atoms with Crippen LogP contribution in [0.2, 0.25) is 0 Å². The van der Waals surface area contributed by atoms with E-state index in [1.807, 2.05) is 35.0 Å². The van der Waals surface area contributed by atoms with E-state index < -0.39 is 0 Å². The molecular weight excluding hydrogens is 352 g/mol. The highest BCUT2D eigenvalue weighted by atomic mass is 16.4. The number of hydrogen-bond donors (Lipinski definition) is 1. The molecule has 0 unspecified atom stereocenters. The lowest BCUT2D eigenvalue weighted by atomic mass is 9.96. The predicted octanol–water partition coefficient (Wildman–Crippen LogP) is 4.92. The fraction of sp³-hybridized carbons (Fsp3) is 0.409. The Balaban J connectivity index is 1.33. The van der Waals surface area contributed by atoms with E-state index in [-0.39, 0.29) is 5.91 Å². The lowest BCUT2D eigenvalue weighted by Gasteiger charge is -2.23. The fourth-order valence-electron chi connectivity index (χ4n) is 3.73. The first-order chi connectivity index (χ1) is 13.7. The van der Waals surface area contributed by atoms with E-state index in [2.05, 4.69) is 22.3 Å². The van der Waals surface area contributed by atoms with Gasteiger partial charge in [-0.15, -0.1) is 0 Å². The first-order valence-electron chi connectivity index (χ1n) is 10.0. The highest BCUT2D eigenvalue weighted by molar-refractivity contribution is 5.89. The molecule has 0 aliphatic heterocycles. The zero-order valence-electron chi connectivity index (χ0n) is 16.2. The number of aryl methyl sites for hydroxylation is 2. The molecule has 1 amide bonds. The topological polar surface area (TPSA) is 73.0 Å². The van der Waals surface area contributed by atoms with E-state index in [1.165, 1.54) is 24.8 Å². The number of carbonyl (C=O) groups is 1. The van der Waals surface area contributed by atoms with Crippen LogP contribution in [0.3, 0.4) is 0 Å². The highest BCUT2D eigenvalue weighted by Gasteiger charge is 2.19. The summed E-state index contributed by atoms with van der Waals surface area (Å²) < 4.78 is 7.78. The lowest BCUT2D eigenvalue weighted by Crippen LogP contribution is -2.20. The van der Waals surface area contributed by atoms with Gasteiger partial charge in [-0.2, -0.15) is 5.10 Å². The third kappa shape index (κ3) is 4.32. The van der Waals surface area contributed by atoms with Crippen LogP contribution < -0.4 is 5.32 Å². The Morgan fingerprint density at radius 3 is 2.75 bits per heavy atom. The van der Waals surface area contributed by atoms with Crippen molar-refractivity contribution in [1.82, 2.24) is 14.8 Å².